The summed E-state index contributed by atoms with van der Waals surface area (Å²) in [5.41, 5.74) is 0.965. The molecule has 1 aliphatic rings. The summed E-state index contributed by atoms with van der Waals surface area (Å²) in [5, 5.41) is 5.79. The number of benzene rings is 1. The molecule has 0 unspecified atom stereocenters. The average molecular weight is 290 g/mol. The van der Waals surface area contributed by atoms with Crippen molar-refractivity contribution in [3.8, 4) is 0 Å². The normalized spacial score (nSPS) is 21.4. The van der Waals surface area contributed by atoms with E-state index < -0.39 is 6.09 Å². The maximum Gasteiger partial charge on any atom is 0.407 e. The minimum Gasteiger partial charge on any atom is -0.445 e. The van der Waals surface area contributed by atoms with Crippen molar-refractivity contribution in [3.05, 3.63) is 35.9 Å². The Morgan fingerprint density at radius 1 is 1.14 bits per heavy atom. The average Bonchev–Trinajstić information content (AvgIpc) is 2.46. The summed E-state index contributed by atoms with van der Waals surface area (Å²) in [5.74, 6) is -0.0210. The van der Waals surface area contributed by atoms with E-state index >= 15 is 0 Å². The standard InChI is InChI=1S/C16H22N2O3/c1-12(19)17-14-8-5-9-15(10-14)18-16(20)21-11-13-6-3-2-4-7-13/h2-4,6-7,14-15H,5,8-11H2,1H3,(H,17,19)(H,18,20)/t14-,15+/m1/s1. The molecule has 21 heavy (non-hydrogen) atoms. The van der Waals surface area contributed by atoms with Crippen molar-refractivity contribution in [3.63, 3.8) is 0 Å². The van der Waals surface area contributed by atoms with E-state index in [4.69, 9.17) is 4.74 Å². The topological polar surface area (TPSA) is 67.4 Å². The van der Waals surface area contributed by atoms with Crippen LogP contribution in [0.25, 0.3) is 0 Å². The van der Waals surface area contributed by atoms with Gasteiger partial charge in [-0.15, -0.1) is 0 Å². The van der Waals surface area contributed by atoms with Crippen LogP contribution >= 0.6 is 0 Å². The van der Waals surface area contributed by atoms with Gasteiger partial charge in [-0.05, 0) is 31.2 Å². The molecule has 2 atom stereocenters. The van der Waals surface area contributed by atoms with Gasteiger partial charge in [0.15, 0.2) is 0 Å². The Hall–Kier alpha value is -2.04. The zero-order valence-corrected chi connectivity index (χ0v) is 12.3. The second-order valence-corrected chi connectivity index (χ2v) is 5.47. The molecule has 5 nitrogen and oxygen atoms in total. The van der Waals surface area contributed by atoms with E-state index in [0.717, 1.165) is 31.2 Å². The highest BCUT2D eigenvalue weighted by atomic mass is 16.5. The van der Waals surface area contributed by atoms with E-state index in [1.54, 1.807) is 0 Å². The second-order valence-electron chi connectivity index (χ2n) is 5.47. The van der Waals surface area contributed by atoms with Crippen LogP contribution in [0.2, 0.25) is 0 Å². The first kappa shape index (κ1) is 15.4. The molecule has 0 bridgehead atoms. The molecular formula is C16H22N2O3. The van der Waals surface area contributed by atoms with Gasteiger partial charge in [0.05, 0.1) is 0 Å². The smallest absolute Gasteiger partial charge is 0.407 e. The highest BCUT2D eigenvalue weighted by molar-refractivity contribution is 5.73. The van der Waals surface area contributed by atoms with E-state index in [9.17, 15) is 9.59 Å². The van der Waals surface area contributed by atoms with Gasteiger partial charge in [0.25, 0.3) is 0 Å². The maximum absolute atomic E-state index is 11.8. The zero-order chi connectivity index (χ0) is 15.1. The van der Waals surface area contributed by atoms with E-state index in [1.165, 1.54) is 6.92 Å². The third kappa shape index (κ3) is 5.45. The van der Waals surface area contributed by atoms with E-state index in [2.05, 4.69) is 10.6 Å². The van der Waals surface area contributed by atoms with Crippen molar-refractivity contribution in [2.24, 2.45) is 0 Å². The van der Waals surface area contributed by atoms with E-state index in [0.29, 0.717) is 0 Å². The first-order chi connectivity index (χ1) is 10.1. The van der Waals surface area contributed by atoms with Crippen LogP contribution in [0.3, 0.4) is 0 Å². The molecule has 2 N–H and O–H groups in total. The lowest BCUT2D eigenvalue weighted by Crippen LogP contribution is -2.45. The SMILES string of the molecule is CC(=O)N[C@@H]1CCC[C@H](NC(=O)OCc2ccccc2)C1. The Kier molecular flexibility index (Phi) is 5.60. The first-order valence-electron chi connectivity index (χ1n) is 7.38. The molecule has 0 saturated heterocycles. The lowest BCUT2D eigenvalue weighted by atomic mass is 9.91. The number of hydrogen-bond donors (Lipinski definition) is 2. The van der Waals surface area contributed by atoms with Crippen molar-refractivity contribution < 1.29 is 14.3 Å². The van der Waals surface area contributed by atoms with E-state index in [1.807, 2.05) is 30.3 Å². The number of amides is 2. The lowest BCUT2D eigenvalue weighted by Gasteiger charge is -2.29. The van der Waals surface area contributed by atoms with Crippen LogP contribution in [0.15, 0.2) is 30.3 Å². The van der Waals surface area contributed by atoms with Crippen LogP contribution in [0.5, 0.6) is 0 Å². The number of ether oxygens (including phenoxy) is 1. The fourth-order valence-corrected chi connectivity index (χ4v) is 2.67. The lowest BCUT2D eigenvalue weighted by molar-refractivity contribution is -0.119. The van der Waals surface area contributed by atoms with Gasteiger partial charge in [-0.2, -0.15) is 0 Å². The monoisotopic (exact) mass is 290 g/mol. The molecule has 1 aromatic rings. The summed E-state index contributed by atoms with van der Waals surface area (Å²) >= 11 is 0. The summed E-state index contributed by atoms with van der Waals surface area (Å²) < 4.78 is 5.21. The van der Waals surface area contributed by atoms with Gasteiger partial charge in [-0.1, -0.05) is 30.3 Å². The van der Waals surface area contributed by atoms with Gasteiger partial charge in [0, 0.05) is 19.0 Å². The number of rotatable bonds is 4. The highest BCUT2D eigenvalue weighted by Gasteiger charge is 2.24. The molecule has 1 aliphatic carbocycles. The van der Waals surface area contributed by atoms with Crippen molar-refractivity contribution in [2.75, 3.05) is 0 Å². The van der Waals surface area contributed by atoms with Crippen LogP contribution < -0.4 is 10.6 Å². The van der Waals surface area contributed by atoms with Crippen molar-refractivity contribution >= 4 is 12.0 Å². The number of carbonyl (C=O) groups is 2. The largest absolute Gasteiger partial charge is 0.445 e. The molecule has 1 aromatic carbocycles. The zero-order valence-electron chi connectivity index (χ0n) is 12.3. The molecule has 2 amide bonds. The molecule has 2 rings (SSSR count). The molecule has 0 aliphatic heterocycles. The summed E-state index contributed by atoms with van der Waals surface area (Å²) in [6.07, 6.45) is 3.26. The van der Waals surface area contributed by atoms with Gasteiger partial charge in [0.1, 0.15) is 6.61 Å². The molecule has 1 saturated carbocycles. The van der Waals surface area contributed by atoms with Gasteiger partial charge in [0.2, 0.25) is 5.91 Å². The Labute approximate surface area is 125 Å². The van der Waals surface area contributed by atoms with Gasteiger partial charge in [-0.25, -0.2) is 4.79 Å². The molecule has 0 aromatic heterocycles. The maximum atomic E-state index is 11.8. The van der Waals surface area contributed by atoms with Crippen LogP contribution in [0.1, 0.15) is 38.2 Å². The second kappa shape index (κ2) is 7.67. The van der Waals surface area contributed by atoms with Crippen LogP contribution in [-0.4, -0.2) is 24.1 Å². The first-order valence-corrected chi connectivity index (χ1v) is 7.38. The Balaban J connectivity index is 1.73. The molecule has 114 valence electrons. The number of nitrogens with one attached hydrogen (secondary N) is 2. The van der Waals surface area contributed by atoms with Crippen LogP contribution in [0, 0.1) is 0 Å². The third-order valence-electron chi connectivity index (χ3n) is 3.62. The summed E-state index contributed by atoms with van der Waals surface area (Å²) in [4.78, 5) is 22.9. The molecule has 5 heteroatoms. The van der Waals surface area contributed by atoms with Crippen molar-refractivity contribution in [2.45, 2.75) is 51.3 Å². The molecule has 0 spiro atoms. The summed E-state index contributed by atoms with van der Waals surface area (Å²) in [6.45, 7) is 1.79. The van der Waals surface area contributed by atoms with Crippen LogP contribution in [0.4, 0.5) is 4.79 Å². The Bertz CT molecular complexity index is 476. The predicted octanol–water partition coefficient (Wildman–Crippen LogP) is 2.36. The number of alkyl carbamates (subject to hydrolysis) is 1. The van der Waals surface area contributed by atoms with Gasteiger partial charge in [-0.3, -0.25) is 4.79 Å². The van der Waals surface area contributed by atoms with Crippen LogP contribution in [-0.2, 0) is 16.1 Å². The third-order valence-corrected chi connectivity index (χ3v) is 3.62. The molecule has 0 heterocycles. The fraction of sp³-hybridized carbons (Fsp3) is 0.500. The molecular weight excluding hydrogens is 268 g/mol. The predicted molar refractivity (Wildman–Crippen MR) is 79.6 cm³/mol. The fourth-order valence-electron chi connectivity index (χ4n) is 2.67. The summed E-state index contributed by atoms with van der Waals surface area (Å²) in [6, 6.07) is 9.80. The van der Waals surface area contributed by atoms with Crippen molar-refractivity contribution in [1.82, 2.24) is 10.6 Å². The number of hydrogen-bond acceptors (Lipinski definition) is 3. The minimum absolute atomic E-state index is 0.0210. The van der Waals surface area contributed by atoms with Gasteiger partial charge < -0.3 is 15.4 Å². The minimum atomic E-state index is -0.396. The quantitative estimate of drug-likeness (QED) is 0.894. The highest BCUT2D eigenvalue weighted by Crippen LogP contribution is 2.18. The Morgan fingerprint density at radius 2 is 1.81 bits per heavy atom. The number of carbonyl (C=O) groups excluding carboxylic acids is 2. The molecule has 1 fully saturated rings. The van der Waals surface area contributed by atoms with Gasteiger partial charge >= 0.3 is 6.09 Å². The molecule has 0 radical (unpaired) electrons. The van der Waals surface area contributed by atoms with E-state index in [-0.39, 0.29) is 24.6 Å². The Morgan fingerprint density at radius 3 is 2.48 bits per heavy atom. The van der Waals surface area contributed by atoms with Crippen molar-refractivity contribution in [1.29, 1.82) is 0 Å². The summed E-state index contributed by atoms with van der Waals surface area (Å²) in [7, 11) is 0.